The first-order valence-electron chi connectivity index (χ1n) is 5.11. The van der Waals surface area contributed by atoms with Gasteiger partial charge in [-0.25, -0.2) is 13.5 Å². The molecule has 0 saturated heterocycles. The van der Waals surface area contributed by atoms with Crippen LogP contribution in [-0.2, 0) is 20.0 Å². The maximum atomic E-state index is 11.7. The van der Waals surface area contributed by atoms with Crippen molar-refractivity contribution in [3.05, 3.63) is 35.9 Å². The molecule has 0 spiro atoms. The zero-order chi connectivity index (χ0) is 13.6. The summed E-state index contributed by atoms with van der Waals surface area (Å²) in [6.45, 7) is -0.477. The van der Waals surface area contributed by atoms with Crippen LogP contribution in [-0.4, -0.2) is 32.7 Å². The summed E-state index contributed by atoms with van der Waals surface area (Å²) in [6, 6.07) is 8.76. The SMILES string of the molecule is O=[PH](O)OP(=O)(O)N(CCO)Cc1ccccc1. The minimum absolute atomic E-state index is 0.0321. The molecule has 1 aromatic carbocycles. The molecule has 18 heavy (non-hydrogen) atoms. The topological polar surface area (TPSA) is 107 Å². The van der Waals surface area contributed by atoms with Crippen molar-refractivity contribution >= 4 is 16.0 Å². The number of aliphatic hydroxyl groups is 1. The fraction of sp³-hybridized carbons (Fsp3) is 0.333. The molecule has 0 fully saturated rings. The van der Waals surface area contributed by atoms with Gasteiger partial charge in [-0.15, -0.1) is 0 Å². The van der Waals surface area contributed by atoms with Gasteiger partial charge in [0.15, 0.2) is 0 Å². The molecule has 0 aliphatic heterocycles. The van der Waals surface area contributed by atoms with Gasteiger partial charge in [-0.2, -0.15) is 0 Å². The maximum Gasteiger partial charge on any atom is 0.413 e. The molecule has 0 saturated carbocycles. The van der Waals surface area contributed by atoms with E-state index in [1.165, 1.54) is 0 Å². The third kappa shape index (κ3) is 5.00. The van der Waals surface area contributed by atoms with Crippen molar-refractivity contribution in [2.75, 3.05) is 13.2 Å². The smallest absolute Gasteiger partial charge is 0.395 e. The third-order valence-electron chi connectivity index (χ3n) is 2.12. The standard InChI is InChI=1S/C9H15NO6P2/c11-7-6-10(18(14,15)16-17(12)13)8-9-4-2-1-3-5-9/h1-5,11,17H,6-8H2,(H,12,13)(H,14,15). The summed E-state index contributed by atoms with van der Waals surface area (Å²) in [5.74, 6) is 0. The van der Waals surface area contributed by atoms with E-state index in [-0.39, 0.29) is 19.7 Å². The van der Waals surface area contributed by atoms with Crippen molar-refractivity contribution in [2.45, 2.75) is 6.54 Å². The Morgan fingerprint density at radius 3 is 2.44 bits per heavy atom. The highest BCUT2D eigenvalue weighted by Gasteiger charge is 2.31. The van der Waals surface area contributed by atoms with E-state index < -0.39 is 16.0 Å². The van der Waals surface area contributed by atoms with E-state index in [0.29, 0.717) is 0 Å². The van der Waals surface area contributed by atoms with E-state index in [1.54, 1.807) is 30.3 Å². The zero-order valence-electron chi connectivity index (χ0n) is 9.47. The van der Waals surface area contributed by atoms with Crippen LogP contribution in [0.2, 0.25) is 0 Å². The van der Waals surface area contributed by atoms with Gasteiger partial charge in [0.2, 0.25) is 0 Å². The van der Waals surface area contributed by atoms with E-state index in [0.717, 1.165) is 10.2 Å². The summed E-state index contributed by atoms with van der Waals surface area (Å²) >= 11 is 0. The summed E-state index contributed by atoms with van der Waals surface area (Å²) < 4.78 is 27.3. The number of benzene rings is 1. The minimum atomic E-state index is -4.38. The molecule has 0 radical (unpaired) electrons. The molecule has 0 amide bonds. The van der Waals surface area contributed by atoms with Crippen LogP contribution >= 0.6 is 16.0 Å². The van der Waals surface area contributed by atoms with Gasteiger partial charge in [-0.1, -0.05) is 30.3 Å². The first-order chi connectivity index (χ1) is 8.45. The van der Waals surface area contributed by atoms with Crippen molar-refractivity contribution in [1.29, 1.82) is 0 Å². The van der Waals surface area contributed by atoms with Crippen molar-refractivity contribution in [3.8, 4) is 0 Å². The molecular weight excluding hydrogens is 280 g/mol. The van der Waals surface area contributed by atoms with Gasteiger partial charge in [0.1, 0.15) is 0 Å². The average Bonchev–Trinajstić information content (AvgIpc) is 2.28. The molecule has 1 rings (SSSR count). The van der Waals surface area contributed by atoms with Crippen molar-refractivity contribution in [3.63, 3.8) is 0 Å². The summed E-state index contributed by atoms with van der Waals surface area (Å²) in [4.78, 5) is 18.1. The fourth-order valence-electron chi connectivity index (χ4n) is 1.36. The predicted octanol–water partition coefficient (Wildman–Crippen LogP) is 0.980. The number of rotatable bonds is 7. The second kappa shape index (κ2) is 7.16. The van der Waals surface area contributed by atoms with Crippen LogP contribution in [0.4, 0.5) is 0 Å². The van der Waals surface area contributed by atoms with Gasteiger partial charge >= 0.3 is 16.0 Å². The second-order valence-corrected chi connectivity index (χ2v) is 6.25. The Labute approximate surface area is 105 Å². The van der Waals surface area contributed by atoms with Crippen LogP contribution in [0.15, 0.2) is 30.3 Å². The lowest BCUT2D eigenvalue weighted by Crippen LogP contribution is -2.23. The largest absolute Gasteiger partial charge is 0.413 e. The van der Waals surface area contributed by atoms with E-state index in [2.05, 4.69) is 4.31 Å². The molecule has 0 aliphatic rings. The number of aliphatic hydroxyl groups excluding tert-OH is 1. The second-order valence-electron chi connectivity index (χ2n) is 3.45. The monoisotopic (exact) mass is 295 g/mol. The van der Waals surface area contributed by atoms with Crippen LogP contribution in [0.25, 0.3) is 0 Å². The summed E-state index contributed by atoms with van der Waals surface area (Å²) in [5.41, 5.74) is 0.724. The summed E-state index contributed by atoms with van der Waals surface area (Å²) in [6.07, 6.45) is 0. The van der Waals surface area contributed by atoms with E-state index in [9.17, 15) is 14.0 Å². The van der Waals surface area contributed by atoms with Gasteiger partial charge in [0, 0.05) is 13.1 Å². The van der Waals surface area contributed by atoms with Crippen molar-refractivity contribution < 1.29 is 28.3 Å². The number of hydrogen-bond acceptors (Lipinski definition) is 4. The van der Waals surface area contributed by atoms with Crippen molar-refractivity contribution in [1.82, 2.24) is 4.67 Å². The lowest BCUT2D eigenvalue weighted by molar-refractivity contribution is 0.212. The van der Waals surface area contributed by atoms with Gasteiger partial charge in [0.05, 0.1) is 6.61 Å². The highest BCUT2D eigenvalue weighted by Crippen LogP contribution is 2.53. The highest BCUT2D eigenvalue weighted by molar-refractivity contribution is 7.57. The summed E-state index contributed by atoms with van der Waals surface area (Å²) in [5, 5.41) is 8.85. The van der Waals surface area contributed by atoms with Gasteiger partial charge in [-0.05, 0) is 5.56 Å². The molecule has 102 valence electrons. The number of hydrogen-bond donors (Lipinski definition) is 3. The van der Waals surface area contributed by atoms with Crippen LogP contribution in [0.1, 0.15) is 5.56 Å². The average molecular weight is 295 g/mol. The Balaban J connectivity index is 2.82. The Bertz CT molecular complexity index is 440. The normalized spacial score (nSPS) is 16.4. The lowest BCUT2D eigenvalue weighted by Gasteiger charge is -2.24. The molecule has 2 atom stereocenters. The molecule has 9 heteroatoms. The van der Waals surface area contributed by atoms with Crippen LogP contribution < -0.4 is 0 Å². The summed E-state index contributed by atoms with van der Waals surface area (Å²) in [7, 11) is -7.92. The molecule has 0 heterocycles. The molecule has 1 aromatic rings. The lowest BCUT2D eigenvalue weighted by atomic mass is 10.2. The Morgan fingerprint density at radius 1 is 1.33 bits per heavy atom. The zero-order valence-corrected chi connectivity index (χ0v) is 11.4. The molecule has 3 N–H and O–H groups in total. The quantitative estimate of drug-likeness (QED) is 0.643. The van der Waals surface area contributed by atoms with E-state index >= 15 is 0 Å². The van der Waals surface area contributed by atoms with E-state index in [4.69, 9.17) is 10.00 Å². The minimum Gasteiger partial charge on any atom is -0.395 e. The molecule has 0 bridgehead atoms. The van der Waals surface area contributed by atoms with Gasteiger partial charge in [-0.3, -0.25) is 4.57 Å². The number of nitrogens with zero attached hydrogens (tertiary/aromatic N) is 1. The van der Waals surface area contributed by atoms with Gasteiger partial charge in [0.25, 0.3) is 0 Å². The Kier molecular flexibility index (Phi) is 6.18. The fourth-order valence-corrected chi connectivity index (χ4v) is 3.32. The van der Waals surface area contributed by atoms with Gasteiger partial charge < -0.3 is 14.9 Å². The van der Waals surface area contributed by atoms with Crippen LogP contribution in [0.3, 0.4) is 0 Å². The highest BCUT2D eigenvalue weighted by atomic mass is 31.2. The molecule has 0 aromatic heterocycles. The molecular formula is C9H15NO6P2. The maximum absolute atomic E-state index is 11.7. The Hall–Kier alpha value is -0.520. The third-order valence-corrected chi connectivity index (χ3v) is 4.75. The predicted molar refractivity (Wildman–Crippen MR) is 66.1 cm³/mol. The van der Waals surface area contributed by atoms with Crippen molar-refractivity contribution in [2.24, 2.45) is 0 Å². The molecule has 0 aliphatic carbocycles. The van der Waals surface area contributed by atoms with Crippen LogP contribution in [0.5, 0.6) is 0 Å². The van der Waals surface area contributed by atoms with Crippen LogP contribution in [0, 0.1) is 0 Å². The first-order valence-corrected chi connectivity index (χ1v) is 7.90. The first kappa shape index (κ1) is 15.5. The van der Waals surface area contributed by atoms with E-state index in [1.807, 2.05) is 0 Å². The molecule has 7 nitrogen and oxygen atoms in total. The molecule has 2 unspecified atom stereocenters. The Morgan fingerprint density at radius 2 is 1.94 bits per heavy atom.